The standard InChI is InChI=1S/C32H32F3N11/c1-19-23(6-5-7-26(19)45-17-40-41-18-45)29(25-15-46(44-43-25)31(8-9-31)32(33,34)35)42-22-10-20(12-36)27-24(11-22)28(21(13-37)14-38-27)39-16-30(2,3)4/h5-7,10-11,14-15,17-18,29,42-44H,8-9,16H2,1-4H3,(H,38,39)/t29-/m0/s1. The van der Waals surface area contributed by atoms with Gasteiger partial charge in [-0.05, 0) is 54.5 Å². The van der Waals surface area contributed by atoms with Crippen LogP contribution in [0.5, 0.6) is 0 Å². The summed E-state index contributed by atoms with van der Waals surface area (Å²) >= 11 is 0. The number of aromatic nitrogens is 4. The zero-order valence-electron chi connectivity index (χ0n) is 25.7. The summed E-state index contributed by atoms with van der Waals surface area (Å²) in [6.07, 6.45) is 1.56. The summed E-state index contributed by atoms with van der Waals surface area (Å²) in [7, 11) is 0. The number of hydrogen-bond donors (Lipinski definition) is 4. The maximum atomic E-state index is 14.1. The van der Waals surface area contributed by atoms with Crippen molar-refractivity contribution in [2.45, 2.75) is 58.3 Å². The molecule has 11 nitrogen and oxygen atoms in total. The van der Waals surface area contributed by atoms with E-state index in [1.807, 2.05) is 25.1 Å². The molecule has 0 spiro atoms. The number of nitriles is 2. The molecule has 1 atom stereocenters. The number of rotatable bonds is 8. The van der Waals surface area contributed by atoms with Crippen molar-refractivity contribution in [3.8, 4) is 17.8 Å². The first-order valence-corrected chi connectivity index (χ1v) is 14.7. The third-order valence-corrected chi connectivity index (χ3v) is 8.29. The summed E-state index contributed by atoms with van der Waals surface area (Å²) in [6.45, 7) is 8.66. The van der Waals surface area contributed by atoms with Crippen LogP contribution in [-0.2, 0) is 0 Å². The molecule has 0 radical (unpaired) electrons. The van der Waals surface area contributed by atoms with Crippen molar-refractivity contribution in [2.75, 3.05) is 17.2 Å². The molecule has 3 heterocycles. The minimum absolute atomic E-state index is 0.0238. The molecule has 2 aromatic carbocycles. The number of nitrogens with zero attached hydrogens (tertiary/aromatic N) is 7. The van der Waals surface area contributed by atoms with E-state index in [1.165, 1.54) is 12.4 Å². The Labute approximate surface area is 263 Å². The Kier molecular flexibility index (Phi) is 7.49. The SMILES string of the molecule is Cc1c([C@H](Nc2cc(C#N)c3ncc(C#N)c(NCC(C)(C)C)c3c2)C2=CN(C3(C(F)(F)F)CC3)NN2)cccc1-n1cnnc1. The van der Waals surface area contributed by atoms with Gasteiger partial charge >= 0.3 is 6.18 Å². The smallest absolute Gasteiger partial charge is 0.383 e. The maximum Gasteiger partial charge on any atom is 0.413 e. The van der Waals surface area contributed by atoms with Crippen molar-refractivity contribution in [2.24, 2.45) is 5.41 Å². The van der Waals surface area contributed by atoms with Gasteiger partial charge in [-0.2, -0.15) is 23.7 Å². The highest BCUT2D eigenvalue weighted by molar-refractivity contribution is 5.99. The third-order valence-electron chi connectivity index (χ3n) is 8.29. The molecule has 2 aromatic heterocycles. The zero-order chi connectivity index (χ0) is 32.9. The molecule has 1 aliphatic heterocycles. The highest BCUT2D eigenvalue weighted by atomic mass is 19.4. The van der Waals surface area contributed by atoms with Crippen LogP contribution in [0.2, 0.25) is 0 Å². The Hall–Kier alpha value is -5.34. The highest BCUT2D eigenvalue weighted by Gasteiger charge is 2.67. The molecule has 0 saturated heterocycles. The third kappa shape index (κ3) is 5.52. The lowest BCUT2D eigenvalue weighted by atomic mass is 9.95. The minimum Gasteiger partial charge on any atom is -0.383 e. The lowest BCUT2D eigenvalue weighted by Gasteiger charge is -2.28. The van der Waals surface area contributed by atoms with Gasteiger partial charge in [-0.15, -0.1) is 15.7 Å². The molecule has 236 valence electrons. The van der Waals surface area contributed by atoms with E-state index in [2.05, 4.69) is 69.7 Å². The lowest BCUT2D eigenvalue weighted by Crippen LogP contribution is -2.52. The molecule has 14 heteroatoms. The molecule has 1 saturated carbocycles. The number of hydrazine groups is 2. The second kappa shape index (κ2) is 11.2. The van der Waals surface area contributed by atoms with Gasteiger partial charge in [0.25, 0.3) is 0 Å². The van der Waals surface area contributed by atoms with E-state index in [1.54, 1.807) is 29.4 Å². The first-order chi connectivity index (χ1) is 21.8. The number of benzene rings is 2. The van der Waals surface area contributed by atoms with Gasteiger partial charge in [-0.3, -0.25) is 14.6 Å². The highest BCUT2D eigenvalue weighted by Crippen LogP contribution is 2.54. The average Bonchev–Trinajstić information content (AvgIpc) is 3.41. The fourth-order valence-corrected chi connectivity index (χ4v) is 5.63. The van der Waals surface area contributed by atoms with E-state index in [0.29, 0.717) is 40.1 Å². The van der Waals surface area contributed by atoms with Crippen LogP contribution in [0.25, 0.3) is 16.6 Å². The Morgan fingerprint density at radius 1 is 1.07 bits per heavy atom. The van der Waals surface area contributed by atoms with Crippen LogP contribution in [0.15, 0.2) is 61.1 Å². The first-order valence-electron chi connectivity index (χ1n) is 14.7. The normalized spacial score (nSPS) is 16.3. The minimum atomic E-state index is -4.43. The van der Waals surface area contributed by atoms with Crippen LogP contribution in [-0.4, -0.2) is 43.0 Å². The number of alkyl halides is 3. The Morgan fingerprint density at radius 2 is 1.78 bits per heavy atom. The first kappa shape index (κ1) is 30.7. The van der Waals surface area contributed by atoms with Gasteiger partial charge in [0.15, 0.2) is 5.54 Å². The largest absolute Gasteiger partial charge is 0.413 e. The van der Waals surface area contributed by atoms with Crippen molar-refractivity contribution in [3.63, 3.8) is 0 Å². The fraction of sp³-hybridized carbons (Fsp3) is 0.344. The Morgan fingerprint density at radius 3 is 2.41 bits per heavy atom. The molecule has 4 N–H and O–H groups in total. The topological polar surface area (TPSA) is 143 Å². The number of fused-ring (bicyclic) bond motifs is 1. The van der Waals surface area contributed by atoms with E-state index < -0.39 is 17.8 Å². The summed E-state index contributed by atoms with van der Waals surface area (Å²) in [6, 6.07) is 12.8. The van der Waals surface area contributed by atoms with Gasteiger partial charge in [0.05, 0.1) is 39.8 Å². The van der Waals surface area contributed by atoms with E-state index in [0.717, 1.165) is 21.8 Å². The number of nitrogens with one attached hydrogen (secondary N) is 4. The van der Waals surface area contributed by atoms with Crippen molar-refractivity contribution >= 4 is 22.3 Å². The molecular weight excluding hydrogens is 595 g/mol. The van der Waals surface area contributed by atoms with Crippen molar-refractivity contribution in [3.05, 3.63) is 83.3 Å². The van der Waals surface area contributed by atoms with E-state index in [9.17, 15) is 23.7 Å². The number of anilines is 2. The number of halogens is 3. The fourth-order valence-electron chi connectivity index (χ4n) is 5.63. The van der Waals surface area contributed by atoms with Gasteiger partial charge in [0.2, 0.25) is 0 Å². The van der Waals surface area contributed by atoms with Crippen molar-refractivity contribution < 1.29 is 13.2 Å². The van der Waals surface area contributed by atoms with Gasteiger partial charge in [0.1, 0.15) is 24.8 Å². The quantitative estimate of drug-likeness (QED) is 0.191. The van der Waals surface area contributed by atoms with Crippen LogP contribution in [0.1, 0.15) is 61.9 Å². The van der Waals surface area contributed by atoms with Crippen LogP contribution < -0.4 is 21.6 Å². The molecule has 1 fully saturated rings. The summed E-state index contributed by atoms with van der Waals surface area (Å²) in [5.41, 5.74) is 8.51. The van der Waals surface area contributed by atoms with Crippen LogP contribution in [0.4, 0.5) is 24.5 Å². The molecular formula is C32H32F3N11. The van der Waals surface area contributed by atoms with Crippen molar-refractivity contribution in [1.82, 2.24) is 35.7 Å². The summed E-state index contributed by atoms with van der Waals surface area (Å²) in [4.78, 5) is 4.43. The summed E-state index contributed by atoms with van der Waals surface area (Å²) in [5, 5.41) is 36.4. The van der Waals surface area contributed by atoms with E-state index >= 15 is 0 Å². The van der Waals surface area contributed by atoms with Gasteiger partial charge in [-0.25, -0.2) is 0 Å². The zero-order valence-corrected chi connectivity index (χ0v) is 25.7. The molecule has 0 amide bonds. The lowest BCUT2D eigenvalue weighted by molar-refractivity contribution is -0.195. The van der Waals surface area contributed by atoms with Crippen molar-refractivity contribution in [1.29, 1.82) is 10.5 Å². The van der Waals surface area contributed by atoms with Crippen LogP contribution >= 0.6 is 0 Å². The molecule has 4 aromatic rings. The molecule has 0 bridgehead atoms. The maximum absolute atomic E-state index is 14.1. The molecule has 1 aliphatic carbocycles. The molecule has 2 aliphatic rings. The van der Waals surface area contributed by atoms with Gasteiger partial charge < -0.3 is 16.1 Å². The number of pyridine rings is 1. The van der Waals surface area contributed by atoms with Gasteiger partial charge in [0, 0.05) is 30.0 Å². The van der Waals surface area contributed by atoms with Crippen LogP contribution in [0, 0.1) is 35.0 Å². The van der Waals surface area contributed by atoms with E-state index in [-0.39, 0.29) is 23.8 Å². The molecule has 46 heavy (non-hydrogen) atoms. The average molecular weight is 628 g/mol. The molecule has 0 unspecified atom stereocenters. The Balaban J connectivity index is 1.48. The summed E-state index contributed by atoms with van der Waals surface area (Å²) < 4.78 is 43.9. The van der Waals surface area contributed by atoms with Crippen LogP contribution in [0.3, 0.4) is 0 Å². The van der Waals surface area contributed by atoms with Gasteiger partial charge in [-0.1, -0.05) is 32.9 Å². The number of hydrogen-bond acceptors (Lipinski definition) is 10. The van der Waals surface area contributed by atoms with E-state index in [4.69, 9.17) is 0 Å². The predicted octanol–water partition coefficient (Wildman–Crippen LogP) is 5.74. The molecule has 6 rings (SSSR count). The second-order valence-electron chi connectivity index (χ2n) is 12.8. The second-order valence-corrected chi connectivity index (χ2v) is 12.8. The Bertz CT molecular complexity index is 1910. The predicted molar refractivity (Wildman–Crippen MR) is 166 cm³/mol. The monoisotopic (exact) mass is 627 g/mol. The summed E-state index contributed by atoms with van der Waals surface area (Å²) in [5.74, 6) is 0.